The molecule has 0 radical (unpaired) electrons. The predicted octanol–water partition coefficient (Wildman–Crippen LogP) is 1.36. The third-order valence-corrected chi connectivity index (χ3v) is 3.07. The second-order valence-corrected chi connectivity index (χ2v) is 4.81. The van der Waals surface area contributed by atoms with Gasteiger partial charge in [0.15, 0.2) is 0 Å². The monoisotopic (exact) mass is 421 g/mol. The van der Waals surface area contributed by atoms with E-state index >= 15 is 0 Å². The van der Waals surface area contributed by atoms with Crippen LogP contribution in [0, 0.1) is 3.70 Å². The van der Waals surface area contributed by atoms with Crippen molar-refractivity contribution in [3.63, 3.8) is 0 Å². The van der Waals surface area contributed by atoms with Gasteiger partial charge in [0.1, 0.15) is 20.6 Å². The fourth-order valence-corrected chi connectivity index (χ4v) is 1.79. The number of esters is 2. The summed E-state index contributed by atoms with van der Waals surface area (Å²) in [6.07, 6.45) is 2.80. The molecule has 120 valence electrons. The van der Waals surface area contributed by atoms with Gasteiger partial charge in [0.05, 0.1) is 25.6 Å². The van der Waals surface area contributed by atoms with Gasteiger partial charge in [-0.25, -0.2) is 9.59 Å². The van der Waals surface area contributed by atoms with Crippen LogP contribution >= 0.6 is 22.6 Å². The van der Waals surface area contributed by atoms with Crippen molar-refractivity contribution in [2.75, 3.05) is 18.9 Å². The highest BCUT2D eigenvalue weighted by Crippen LogP contribution is 2.08. The number of nitrogens with two attached hydrogens (primary N) is 1. The number of carbonyl (C=O) groups excluding carboxylic acids is 2. The molecule has 0 aliphatic rings. The number of nitrogens with one attached hydrogen (secondary N) is 2. The van der Waals surface area contributed by atoms with Gasteiger partial charge < -0.3 is 15.2 Å². The van der Waals surface area contributed by atoms with Crippen molar-refractivity contribution in [2.24, 2.45) is 0 Å². The largest absolute Gasteiger partial charge is 0.462 e. The van der Waals surface area contributed by atoms with Crippen molar-refractivity contribution in [3.8, 4) is 0 Å². The van der Waals surface area contributed by atoms with Gasteiger partial charge in [0, 0.05) is 0 Å². The predicted molar refractivity (Wildman–Crippen MR) is 86.2 cm³/mol. The summed E-state index contributed by atoms with van der Waals surface area (Å²) in [7, 11) is 0. The summed E-state index contributed by atoms with van der Waals surface area (Å²) in [5.74, 6) is -0.534. The summed E-state index contributed by atoms with van der Waals surface area (Å²) in [4.78, 5) is 22.0. The molecule has 0 atom stereocenters. The van der Waals surface area contributed by atoms with E-state index in [4.69, 9.17) is 10.5 Å². The lowest BCUT2D eigenvalue weighted by Crippen LogP contribution is -2.05. The zero-order valence-electron chi connectivity index (χ0n) is 12.1. The number of nitrogens with zero attached hydrogens (tertiary/aromatic N) is 2. The molecule has 2 rings (SSSR count). The number of aromatic nitrogens is 4. The van der Waals surface area contributed by atoms with Gasteiger partial charge in [-0.3, -0.25) is 10.2 Å². The van der Waals surface area contributed by atoms with E-state index in [1.165, 1.54) is 12.4 Å². The maximum absolute atomic E-state index is 11.0. The SMILES string of the molecule is CCOC(=O)c1cn[nH]c1I.CCOC(=O)c1cn[nH]c1N. The van der Waals surface area contributed by atoms with Gasteiger partial charge in [-0.05, 0) is 36.4 Å². The van der Waals surface area contributed by atoms with Crippen molar-refractivity contribution in [1.29, 1.82) is 0 Å². The molecular weight excluding hydrogens is 405 g/mol. The Morgan fingerprint density at radius 3 is 2.00 bits per heavy atom. The minimum Gasteiger partial charge on any atom is -0.462 e. The fraction of sp³-hybridized carbons (Fsp3) is 0.333. The minimum absolute atomic E-state index is 0.239. The van der Waals surface area contributed by atoms with Crippen molar-refractivity contribution >= 4 is 40.3 Å². The summed E-state index contributed by atoms with van der Waals surface area (Å²) in [5, 5.41) is 12.3. The molecule has 22 heavy (non-hydrogen) atoms. The highest BCUT2D eigenvalue weighted by Gasteiger charge is 2.12. The second kappa shape index (κ2) is 9.02. The number of halogens is 1. The van der Waals surface area contributed by atoms with E-state index < -0.39 is 5.97 Å². The summed E-state index contributed by atoms with van der Waals surface area (Å²) in [6.45, 7) is 4.22. The lowest BCUT2D eigenvalue weighted by atomic mass is 10.3. The van der Waals surface area contributed by atoms with E-state index in [1.54, 1.807) is 13.8 Å². The van der Waals surface area contributed by atoms with Gasteiger partial charge in [0.2, 0.25) is 0 Å². The maximum atomic E-state index is 11.0. The molecule has 0 aromatic carbocycles. The van der Waals surface area contributed by atoms with Crippen LogP contribution in [0.2, 0.25) is 0 Å². The third-order valence-electron chi connectivity index (χ3n) is 2.25. The zero-order valence-corrected chi connectivity index (χ0v) is 14.2. The first-order valence-electron chi connectivity index (χ1n) is 6.33. The average molecular weight is 421 g/mol. The van der Waals surface area contributed by atoms with Crippen LogP contribution in [-0.2, 0) is 9.47 Å². The Hall–Kier alpha value is -2.11. The first-order valence-corrected chi connectivity index (χ1v) is 7.41. The summed E-state index contributed by atoms with van der Waals surface area (Å²) in [5.41, 5.74) is 6.13. The summed E-state index contributed by atoms with van der Waals surface area (Å²) >= 11 is 1.99. The first-order chi connectivity index (χ1) is 10.5. The van der Waals surface area contributed by atoms with E-state index in [1.807, 2.05) is 22.6 Å². The number of hydrogen-bond donors (Lipinski definition) is 3. The van der Waals surface area contributed by atoms with Crippen molar-refractivity contribution in [1.82, 2.24) is 20.4 Å². The molecule has 0 bridgehead atoms. The molecule has 0 aliphatic carbocycles. The normalized spacial score (nSPS) is 9.59. The van der Waals surface area contributed by atoms with Gasteiger partial charge in [-0.1, -0.05) is 0 Å². The van der Waals surface area contributed by atoms with Gasteiger partial charge in [0.25, 0.3) is 0 Å². The van der Waals surface area contributed by atoms with Crippen LogP contribution in [-0.4, -0.2) is 45.5 Å². The maximum Gasteiger partial charge on any atom is 0.343 e. The van der Waals surface area contributed by atoms with Crippen LogP contribution in [0.5, 0.6) is 0 Å². The van der Waals surface area contributed by atoms with Gasteiger partial charge in [-0.15, -0.1) is 0 Å². The summed E-state index contributed by atoms with van der Waals surface area (Å²) in [6, 6.07) is 0. The van der Waals surface area contributed by atoms with Crippen molar-refractivity contribution in [3.05, 3.63) is 27.2 Å². The molecule has 2 heterocycles. The Kier molecular flexibility index (Phi) is 7.36. The number of carbonyl (C=O) groups is 2. The van der Waals surface area contributed by atoms with Crippen molar-refractivity contribution < 1.29 is 19.1 Å². The first kappa shape index (κ1) is 17.9. The van der Waals surface area contributed by atoms with Crippen LogP contribution in [0.4, 0.5) is 5.82 Å². The average Bonchev–Trinajstić information content (AvgIpc) is 3.08. The molecule has 0 saturated carbocycles. The van der Waals surface area contributed by atoms with E-state index in [2.05, 4.69) is 25.1 Å². The lowest BCUT2D eigenvalue weighted by Gasteiger charge is -1.97. The van der Waals surface area contributed by atoms with E-state index in [9.17, 15) is 9.59 Å². The molecule has 0 unspecified atom stereocenters. The Morgan fingerprint density at radius 1 is 1.09 bits per heavy atom. The molecule has 0 amide bonds. The van der Waals surface area contributed by atoms with Crippen LogP contribution < -0.4 is 5.73 Å². The van der Waals surface area contributed by atoms with Gasteiger partial charge in [-0.2, -0.15) is 10.2 Å². The third kappa shape index (κ3) is 5.02. The smallest absolute Gasteiger partial charge is 0.343 e. The van der Waals surface area contributed by atoms with E-state index in [0.717, 1.165) is 0 Å². The van der Waals surface area contributed by atoms with Crippen LogP contribution in [0.3, 0.4) is 0 Å². The number of anilines is 1. The molecule has 2 aromatic heterocycles. The highest BCUT2D eigenvalue weighted by atomic mass is 127. The Balaban J connectivity index is 0.000000220. The molecule has 0 spiro atoms. The Bertz CT molecular complexity index is 570. The minimum atomic E-state index is -0.446. The molecule has 4 N–H and O–H groups in total. The molecule has 0 aliphatic heterocycles. The molecule has 10 heteroatoms. The number of H-pyrrole nitrogens is 2. The highest BCUT2D eigenvalue weighted by molar-refractivity contribution is 14.1. The number of nitrogen functional groups attached to an aromatic ring is 1. The topological polar surface area (TPSA) is 136 Å². The van der Waals surface area contributed by atoms with E-state index in [-0.39, 0.29) is 17.4 Å². The molecular formula is C12H16IN5O4. The number of hydrogen-bond acceptors (Lipinski definition) is 7. The van der Waals surface area contributed by atoms with Gasteiger partial charge >= 0.3 is 11.9 Å². The summed E-state index contributed by atoms with van der Waals surface area (Å²) < 4.78 is 10.2. The quantitative estimate of drug-likeness (QED) is 0.501. The number of aromatic amines is 2. The number of rotatable bonds is 4. The molecule has 2 aromatic rings. The number of ether oxygens (including phenoxy) is 2. The Labute approximate surface area is 140 Å². The van der Waals surface area contributed by atoms with Crippen LogP contribution in [0.25, 0.3) is 0 Å². The second-order valence-electron chi connectivity index (χ2n) is 3.74. The molecule has 0 fully saturated rings. The van der Waals surface area contributed by atoms with Crippen molar-refractivity contribution in [2.45, 2.75) is 13.8 Å². The standard InChI is InChI=1S/C6H7IN2O2.C6H9N3O2/c2*1-2-11-6(10)4-3-8-9-5(4)7/h3H,2H2,1H3,(H,8,9);3H,2H2,1H3,(H3,7,8,9). The van der Waals surface area contributed by atoms with Crippen LogP contribution in [0.1, 0.15) is 34.6 Å². The fourth-order valence-electron chi connectivity index (χ4n) is 1.29. The van der Waals surface area contributed by atoms with Crippen LogP contribution in [0.15, 0.2) is 12.4 Å². The zero-order chi connectivity index (χ0) is 16.5. The molecule has 9 nitrogen and oxygen atoms in total. The Morgan fingerprint density at radius 2 is 1.59 bits per heavy atom. The lowest BCUT2D eigenvalue weighted by molar-refractivity contribution is 0.0516. The molecule has 0 saturated heterocycles. The van der Waals surface area contributed by atoms with E-state index in [0.29, 0.717) is 22.5 Å².